The molecule has 1 saturated heterocycles. The molecule has 0 spiro atoms. The molecule has 0 atom stereocenters. The Morgan fingerprint density at radius 2 is 1.92 bits per heavy atom. The number of carbonyl (C=O) groups excluding carboxylic acids is 1. The van der Waals surface area contributed by atoms with Crippen molar-refractivity contribution in [2.75, 3.05) is 24.2 Å². The van der Waals surface area contributed by atoms with E-state index in [1.165, 1.54) is 16.4 Å². The summed E-state index contributed by atoms with van der Waals surface area (Å²) in [5, 5.41) is 2.48. The van der Waals surface area contributed by atoms with Gasteiger partial charge in [-0.1, -0.05) is 6.07 Å². The molecule has 1 aliphatic heterocycles. The first-order chi connectivity index (χ1) is 11.1. The monoisotopic (exact) mass is 364 g/mol. The van der Waals surface area contributed by atoms with Gasteiger partial charge < -0.3 is 5.32 Å². The van der Waals surface area contributed by atoms with Gasteiger partial charge in [0, 0.05) is 24.7 Å². The number of hydrogen-bond acceptors (Lipinski definition) is 3. The van der Waals surface area contributed by atoms with Crippen molar-refractivity contribution in [3.05, 3.63) is 29.8 Å². The summed E-state index contributed by atoms with van der Waals surface area (Å²) in [5.74, 6) is -0.792. The van der Waals surface area contributed by atoms with Crippen LogP contribution in [0.1, 0.15) is 25.3 Å². The highest BCUT2D eigenvalue weighted by Gasteiger charge is 2.32. The van der Waals surface area contributed by atoms with Crippen LogP contribution in [0.15, 0.2) is 24.3 Å². The largest absolute Gasteiger partial charge is 0.416 e. The highest BCUT2D eigenvalue weighted by molar-refractivity contribution is 7.89. The number of amides is 1. The summed E-state index contributed by atoms with van der Waals surface area (Å²) in [4.78, 5) is 12.2. The SMILES string of the molecule is CCS(=O)(=O)N1CCC(C(=O)Nc2cccc(C(F)(F)F)c2)CC1. The Labute approximate surface area is 138 Å². The van der Waals surface area contributed by atoms with Crippen LogP contribution in [0, 0.1) is 5.92 Å². The van der Waals surface area contributed by atoms with E-state index in [9.17, 15) is 26.4 Å². The number of anilines is 1. The van der Waals surface area contributed by atoms with Crippen LogP contribution < -0.4 is 5.32 Å². The average molecular weight is 364 g/mol. The fourth-order valence-corrected chi connectivity index (χ4v) is 3.73. The lowest BCUT2D eigenvalue weighted by Crippen LogP contribution is -2.42. The Morgan fingerprint density at radius 3 is 2.46 bits per heavy atom. The van der Waals surface area contributed by atoms with E-state index in [-0.39, 0.29) is 30.4 Å². The molecule has 134 valence electrons. The van der Waals surface area contributed by atoms with Crippen LogP contribution >= 0.6 is 0 Å². The van der Waals surface area contributed by atoms with Gasteiger partial charge in [0.15, 0.2) is 0 Å². The number of halogens is 3. The molecule has 2 rings (SSSR count). The van der Waals surface area contributed by atoms with Gasteiger partial charge in [0.1, 0.15) is 0 Å². The molecule has 1 aromatic carbocycles. The fourth-order valence-electron chi connectivity index (χ4n) is 2.60. The predicted octanol–water partition coefficient (Wildman–Crippen LogP) is 2.71. The number of hydrogen-bond donors (Lipinski definition) is 1. The van der Waals surface area contributed by atoms with E-state index in [0.717, 1.165) is 12.1 Å². The Bertz CT molecular complexity index is 696. The number of nitrogens with zero attached hydrogens (tertiary/aromatic N) is 1. The van der Waals surface area contributed by atoms with E-state index in [0.29, 0.717) is 12.8 Å². The zero-order chi connectivity index (χ0) is 18.0. The Hall–Kier alpha value is -1.61. The third kappa shape index (κ3) is 4.47. The fraction of sp³-hybridized carbons (Fsp3) is 0.533. The average Bonchev–Trinajstić information content (AvgIpc) is 2.54. The molecule has 1 N–H and O–H groups in total. The van der Waals surface area contributed by atoms with Crippen LogP contribution in [0.4, 0.5) is 18.9 Å². The van der Waals surface area contributed by atoms with Crippen molar-refractivity contribution in [1.29, 1.82) is 0 Å². The van der Waals surface area contributed by atoms with Crippen molar-refractivity contribution < 1.29 is 26.4 Å². The molecule has 1 amide bonds. The molecule has 1 fully saturated rings. The topological polar surface area (TPSA) is 66.5 Å². The molecule has 0 radical (unpaired) electrons. The van der Waals surface area contributed by atoms with Gasteiger partial charge in [-0.05, 0) is 38.0 Å². The molecule has 0 unspecified atom stereocenters. The summed E-state index contributed by atoms with van der Waals surface area (Å²) in [7, 11) is -3.27. The zero-order valence-corrected chi connectivity index (χ0v) is 14.0. The van der Waals surface area contributed by atoms with Crippen LogP contribution in [-0.4, -0.2) is 37.5 Å². The molecular weight excluding hydrogens is 345 g/mol. The van der Waals surface area contributed by atoms with Crippen LogP contribution in [0.5, 0.6) is 0 Å². The van der Waals surface area contributed by atoms with Gasteiger partial charge >= 0.3 is 6.18 Å². The quantitative estimate of drug-likeness (QED) is 0.893. The third-order valence-corrected chi connectivity index (χ3v) is 5.92. The van der Waals surface area contributed by atoms with Crippen LogP contribution in [0.3, 0.4) is 0 Å². The number of carbonyl (C=O) groups is 1. The lowest BCUT2D eigenvalue weighted by molar-refractivity contribution is -0.137. The summed E-state index contributed by atoms with van der Waals surface area (Å²) in [6, 6.07) is 4.44. The maximum absolute atomic E-state index is 12.7. The number of piperidine rings is 1. The molecular formula is C15H19F3N2O3S. The van der Waals surface area contributed by atoms with Crippen LogP contribution in [0.2, 0.25) is 0 Å². The minimum atomic E-state index is -4.47. The van der Waals surface area contributed by atoms with Gasteiger partial charge in [0.05, 0.1) is 11.3 Å². The summed E-state index contributed by atoms with van der Waals surface area (Å²) in [5.41, 5.74) is -0.748. The molecule has 24 heavy (non-hydrogen) atoms. The minimum absolute atomic E-state index is 0.00803. The molecule has 5 nitrogen and oxygen atoms in total. The maximum Gasteiger partial charge on any atom is 0.416 e. The van der Waals surface area contributed by atoms with Crippen molar-refractivity contribution in [2.45, 2.75) is 25.9 Å². The summed E-state index contributed by atoms with van der Waals surface area (Å²) in [6.07, 6.45) is -3.77. The highest BCUT2D eigenvalue weighted by atomic mass is 32.2. The van der Waals surface area contributed by atoms with Crippen LogP contribution in [0.25, 0.3) is 0 Å². The smallest absolute Gasteiger partial charge is 0.326 e. The third-order valence-electron chi connectivity index (χ3n) is 4.04. The van der Waals surface area contributed by atoms with E-state index in [2.05, 4.69) is 5.32 Å². The lowest BCUT2D eigenvalue weighted by atomic mass is 9.97. The molecule has 1 aromatic rings. The number of benzene rings is 1. The predicted molar refractivity (Wildman–Crippen MR) is 83.8 cm³/mol. The van der Waals surface area contributed by atoms with Gasteiger partial charge in [-0.2, -0.15) is 13.2 Å². The van der Waals surface area contributed by atoms with E-state index >= 15 is 0 Å². The number of rotatable bonds is 4. The molecule has 9 heteroatoms. The normalized spacial score (nSPS) is 17.7. The zero-order valence-electron chi connectivity index (χ0n) is 13.1. The van der Waals surface area contributed by atoms with E-state index < -0.39 is 27.7 Å². The molecule has 1 heterocycles. The van der Waals surface area contributed by atoms with Gasteiger partial charge in [-0.25, -0.2) is 12.7 Å². The molecule has 0 aliphatic carbocycles. The Kier molecular flexibility index (Phi) is 5.54. The molecule has 1 aliphatic rings. The number of nitrogens with one attached hydrogen (secondary N) is 1. The van der Waals surface area contributed by atoms with Gasteiger partial charge in [-0.3, -0.25) is 4.79 Å². The van der Waals surface area contributed by atoms with E-state index in [4.69, 9.17) is 0 Å². The summed E-state index contributed by atoms with van der Waals surface area (Å²) in [6.45, 7) is 2.05. The highest BCUT2D eigenvalue weighted by Crippen LogP contribution is 2.31. The lowest BCUT2D eigenvalue weighted by Gasteiger charge is -2.30. The van der Waals surface area contributed by atoms with E-state index in [1.807, 2.05) is 0 Å². The van der Waals surface area contributed by atoms with Crippen molar-refractivity contribution in [3.63, 3.8) is 0 Å². The minimum Gasteiger partial charge on any atom is -0.326 e. The van der Waals surface area contributed by atoms with Crippen molar-refractivity contribution in [1.82, 2.24) is 4.31 Å². The summed E-state index contributed by atoms with van der Waals surface area (Å²) < 4.78 is 62.9. The van der Waals surface area contributed by atoms with Gasteiger partial charge in [0.25, 0.3) is 0 Å². The van der Waals surface area contributed by atoms with Crippen LogP contribution in [-0.2, 0) is 21.0 Å². The van der Waals surface area contributed by atoms with Crippen molar-refractivity contribution in [2.24, 2.45) is 5.92 Å². The molecule has 0 saturated carbocycles. The first-order valence-corrected chi connectivity index (χ1v) is 9.20. The summed E-state index contributed by atoms with van der Waals surface area (Å²) >= 11 is 0. The van der Waals surface area contributed by atoms with E-state index in [1.54, 1.807) is 6.92 Å². The first-order valence-electron chi connectivity index (χ1n) is 7.59. The van der Waals surface area contributed by atoms with Gasteiger partial charge in [0.2, 0.25) is 15.9 Å². The number of alkyl halides is 3. The number of sulfonamides is 1. The van der Waals surface area contributed by atoms with Gasteiger partial charge in [-0.15, -0.1) is 0 Å². The second-order valence-corrected chi connectivity index (χ2v) is 7.90. The second-order valence-electron chi connectivity index (χ2n) is 5.64. The molecule has 0 aromatic heterocycles. The first kappa shape index (κ1) is 18.7. The van der Waals surface area contributed by atoms with Crippen molar-refractivity contribution >= 4 is 21.6 Å². The van der Waals surface area contributed by atoms with Crippen molar-refractivity contribution in [3.8, 4) is 0 Å². The maximum atomic E-state index is 12.7. The Morgan fingerprint density at radius 1 is 1.29 bits per heavy atom. The second kappa shape index (κ2) is 7.10. The molecule has 0 bridgehead atoms. The standard InChI is InChI=1S/C15H19F3N2O3S/c1-2-24(22,23)20-8-6-11(7-9-20)14(21)19-13-5-3-4-12(10-13)15(16,17)18/h3-5,10-11H,2,6-9H2,1H3,(H,19,21). The Balaban J connectivity index is 1.97.